The number of benzene rings is 7. The van der Waals surface area contributed by atoms with Crippen molar-refractivity contribution < 1.29 is 0 Å². The Balaban J connectivity index is 1.20. The first-order chi connectivity index (χ1) is 33.9. The van der Waals surface area contributed by atoms with E-state index in [0.29, 0.717) is 0 Å². The van der Waals surface area contributed by atoms with Crippen LogP contribution in [0.4, 0.5) is 45.5 Å². The molecule has 7 aromatic rings. The number of fused-ring (bicyclic) bond motifs is 7. The first-order valence-corrected chi connectivity index (χ1v) is 27.2. The molecule has 1 aliphatic carbocycles. The molecule has 3 aliphatic heterocycles. The predicted molar refractivity (Wildman–Crippen MR) is 313 cm³/mol. The van der Waals surface area contributed by atoms with Crippen molar-refractivity contribution in [1.29, 1.82) is 0 Å². The standard InChI is InChI=1S/C68H78BN3/c1-44-38-60-62-61(39-44)71(56-34-27-47(64(5,6)7)40-52(56)45-22-18-16-19-23-45)58-42-49(66(11,12)13)26-32-54(58)69(62)55-33-31-51(43-59(55)70(60)50-29-24-46(25-30-50)63(2,3)4)72-57-35-28-48(65(8,9)10)41-53(57)67(14)36-20-17-21-37-68(67,72)15/h16,18-19,22-35,38-43H,17,20-21,36-37H2,1-15H3. The molecule has 1 fully saturated rings. The Hall–Kier alpha value is -6.00. The van der Waals surface area contributed by atoms with Gasteiger partial charge < -0.3 is 14.7 Å². The lowest BCUT2D eigenvalue weighted by atomic mass is 9.33. The van der Waals surface area contributed by atoms with Gasteiger partial charge in [-0.2, -0.15) is 0 Å². The summed E-state index contributed by atoms with van der Waals surface area (Å²) in [7, 11) is 0. The lowest BCUT2D eigenvalue weighted by molar-refractivity contribution is 0.261. The summed E-state index contributed by atoms with van der Waals surface area (Å²) in [4.78, 5) is 8.08. The van der Waals surface area contributed by atoms with Gasteiger partial charge in [0, 0.05) is 50.8 Å². The van der Waals surface area contributed by atoms with Crippen molar-refractivity contribution in [3.05, 3.63) is 173 Å². The number of aryl methyl sites for hydroxylation is 1. The fourth-order valence-electron chi connectivity index (χ4n) is 13.2. The van der Waals surface area contributed by atoms with E-state index < -0.39 is 0 Å². The van der Waals surface area contributed by atoms with Crippen LogP contribution in [-0.4, -0.2) is 12.3 Å². The average molecular weight is 948 g/mol. The molecule has 0 N–H and O–H groups in total. The number of anilines is 8. The van der Waals surface area contributed by atoms with Gasteiger partial charge in [0.2, 0.25) is 0 Å². The molecule has 0 bridgehead atoms. The molecule has 7 aromatic carbocycles. The Morgan fingerprint density at radius 3 is 1.58 bits per heavy atom. The van der Waals surface area contributed by atoms with Gasteiger partial charge in [-0.1, -0.05) is 188 Å². The fourth-order valence-corrected chi connectivity index (χ4v) is 13.2. The zero-order valence-electron chi connectivity index (χ0n) is 46.2. The summed E-state index contributed by atoms with van der Waals surface area (Å²) in [5.74, 6) is 0. The fraction of sp³-hybridized carbons (Fsp3) is 0.382. The molecule has 0 amide bonds. The molecular formula is C68H78BN3. The summed E-state index contributed by atoms with van der Waals surface area (Å²) in [6.45, 7) is 35.6. The molecule has 72 heavy (non-hydrogen) atoms. The van der Waals surface area contributed by atoms with Crippen LogP contribution in [0.3, 0.4) is 0 Å². The Kier molecular flexibility index (Phi) is 11.1. The minimum Gasteiger partial charge on any atom is -0.334 e. The molecule has 2 atom stereocenters. The van der Waals surface area contributed by atoms with Gasteiger partial charge in [-0.25, -0.2) is 0 Å². The highest BCUT2D eigenvalue weighted by atomic mass is 15.3. The SMILES string of the molecule is Cc1cc2c3c(c1)N(c1ccc(C(C)(C)C)cc1-c1ccccc1)c1cc(C(C)(C)C)ccc1B3c1ccc(N3c4ccc(C(C)(C)C)cc4C4(C)CCCCCC34C)cc1N2c1ccc(C(C)(C)C)cc1. The molecule has 1 saturated carbocycles. The maximum absolute atomic E-state index is 2.80. The molecule has 0 aromatic heterocycles. The Bertz CT molecular complexity index is 3260. The molecule has 11 rings (SSSR count). The molecule has 0 saturated heterocycles. The molecule has 0 spiro atoms. The highest BCUT2D eigenvalue weighted by Gasteiger charge is 2.57. The van der Waals surface area contributed by atoms with Crippen molar-refractivity contribution in [2.75, 3.05) is 14.7 Å². The van der Waals surface area contributed by atoms with Crippen molar-refractivity contribution in [1.82, 2.24) is 0 Å². The van der Waals surface area contributed by atoms with E-state index in [1.807, 2.05) is 0 Å². The first kappa shape index (κ1) is 48.3. The molecule has 4 aliphatic rings. The van der Waals surface area contributed by atoms with E-state index in [2.05, 4.69) is 258 Å². The molecule has 3 nitrogen and oxygen atoms in total. The van der Waals surface area contributed by atoms with Crippen LogP contribution in [0.25, 0.3) is 11.1 Å². The minimum absolute atomic E-state index is 0.0112. The Morgan fingerprint density at radius 2 is 0.944 bits per heavy atom. The third-order valence-electron chi connectivity index (χ3n) is 17.7. The van der Waals surface area contributed by atoms with Crippen molar-refractivity contribution in [2.45, 2.75) is 169 Å². The minimum atomic E-state index is -0.0909. The van der Waals surface area contributed by atoms with Gasteiger partial charge in [0.25, 0.3) is 6.71 Å². The van der Waals surface area contributed by atoms with Gasteiger partial charge in [-0.05, 0) is 164 Å². The molecule has 0 radical (unpaired) electrons. The van der Waals surface area contributed by atoms with Gasteiger partial charge >= 0.3 is 0 Å². The van der Waals surface area contributed by atoms with Crippen LogP contribution in [-0.2, 0) is 27.1 Å². The van der Waals surface area contributed by atoms with E-state index in [9.17, 15) is 0 Å². The third-order valence-corrected chi connectivity index (χ3v) is 17.7. The van der Waals surface area contributed by atoms with E-state index in [4.69, 9.17) is 0 Å². The lowest BCUT2D eigenvalue weighted by Gasteiger charge is -2.48. The molecule has 2 unspecified atom stereocenters. The average Bonchev–Trinajstić information content (AvgIpc) is 3.38. The van der Waals surface area contributed by atoms with Gasteiger partial charge in [-0.15, -0.1) is 0 Å². The van der Waals surface area contributed by atoms with Crippen molar-refractivity contribution >= 4 is 68.6 Å². The van der Waals surface area contributed by atoms with E-state index in [1.165, 1.54) is 132 Å². The second-order valence-electron chi connectivity index (χ2n) is 26.7. The molecule has 3 heterocycles. The van der Waals surface area contributed by atoms with Crippen LogP contribution < -0.4 is 31.1 Å². The second-order valence-corrected chi connectivity index (χ2v) is 26.7. The molecule has 368 valence electrons. The summed E-state index contributed by atoms with van der Waals surface area (Å²) in [5.41, 5.74) is 24.8. The van der Waals surface area contributed by atoms with Crippen LogP contribution in [0.15, 0.2) is 140 Å². The highest BCUT2D eigenvalue weighted by Crippen LogP contribution is 2.61. The summed E-state index contributed by atoms with van der Waals surface area (Å²) >= 11 is 0. The quantitative estimate of drug-likeness (QED) is 0.163. The van der Waals surface area contributed by atoms with E-state index >= 15 is 0 Å². The zero-order chi connectivity index (χ0) is 51.1. The summed E-state index contributed by atoms with van der Waals surface area (Å²) in [6, 6.07) is 55.3. The van der Waals surface area contributed by atoms with Gasteiger partial charge in [0.1, 0.15) is 0 Å². The largest absolute Gasteiger partial charge is 0.334 e. The highest BCUT2D eigenvalue weighted by molar-refractivity contribution is 7.00. The molecule has 4 heteroatoms. The van der Waals surface area contributed by atoms with Gasteiger partial charge in [-0.3, -0.25) is 0 Å². The number of hydrogen-bond donors (Lipinski definition) is 0. The van der Waals surface area contributed by atoms with Gasteiger partial charge in [0.15, 0.2) is 0 Å². The number of hydrogen-bond acceptors (Lipinski definition) is 3. The van der Waals surface area contributed by atoms with E-state index in [0.717, 1.165) is 6.42 Å². The van der Waals surface area contributed by atoms with Gasteiger partial charge in [0.05, 0.1) is 11.2 Å². The smallest absolute Gasteiger partial charge is 0.252 e. The van der Waals surface area contributed by atoms with Crippen molar-refractivity contribution in [2.24, 2.45) is 0 Å². The third kappa shape index (κ3) is 7.59. The van der Waals surface area contributed by atoms with Crippen LogP contribution in [0.1, 0.15) is 162 Å². The summed E-state index contributed by atoms with van der Waals surface area (Å²) < 4.78 is 0. The monoisotopic (exact) mass is 948 g/mol. The normalized spacial score (nSPS) is 19.6. The number of rotatable bonds is 4. The van der Waals surface area contributed by atoms with Crippen molar-refractivity contribution in [3.63, 3.8) is 0 Å². The maximum atomic E-state index is 2.80. The van der Waals surface area contributed by atoms with E-state index in [1.54, 1.807) is 0 Å². The van der Waals surface area contributed by atoms with Crippen LogP contribution >= 0.6 is 0 Å². The number of nitrogens with zero attached hydrogens (tertiary/aromatic N) is 3. The Labute approximate surface area is 433 Å². The first-order valence-electron chi connectivity index (χ1n) is 27.2. The lowest BCUT2D eigenvalue weighted by Crippen LogP contribution is -2.61. The van der Waals surface area contributed by atoms with Crippen LogP contribution in [0.2, 0.25) is 0 Å². The van der Waals surface area contributed by atoms with E-state index in [-0.39, 0.29) is 39.3 Å². The maximum Gasteiger partial charge on any atom is 0.252 e. The predicted octanol–water partition coefficient (Wildman–Crippen LogP) is 17.1. The zero-order valence-corrected chi connectivity index (χ0v) is 46.2. The topological polar surface area (TPSA) is 9.72 Å². The van der Waals surface area contributed by atoms with Crippen LogP contribution in [0.5, 0.6) is 0 Å². The Morgan fingerprint density at radius 1 is 0.431 bits per heavy atom. The second kappa shape index (κ2) is 16.5. The van der Waals surface area contributed by atoms with Crippen molar-refractivity contribution in [3.8, 4) is 11.1 Å². The summed E-state index contributed by atoms with van der Waals surface area (Å²) in [5, 5.41) is 0. The molecular weight excluding hydrogens is 870 g/mol. The summed E-state index contributed by atoms with van der Waals surface area (Å²) in [6.07, 6.45) is 6.16. The van der Waals surface area contributed by atoms with Crippen LogP contribution in [0, 0.1) is 6.92 Å².